The predicted molar refractivity (Wildman–Crippen MR) is 84.3 cm³/mol. The third-order valence-corrected chi connectivity index (χ3v) is 5.83. The number of aliphatic hydroxyl groups excluding tert-OH is 1. The smallest absolute Gasteiger partial charge is 0.0951 e. The van der Waals surface area contributed by atoms with E-state index in [0.29, 0.717) is 12.1 Å². The van der Waals surface area contributed by atoms with Gasteiger partial charge in [-0.05, 0) is 43.9 Å². The van der Waals surface area contributed by atoms with Crippen LogP contribution in [0.15, 0.2) is 24.3 Å². The molecule has 0 saturated carbocycles. The Morgan fingerprint density at radius 2 is 2.00 bits per heavy atom. The number of rotatable bonds is 1. The van der Waals surface area contributed by atoms with Crippen LogP contribution >= 0.6 is 0 Å². The second-order valence-electron chi connectivity index (χ2n) is 7.11. The molecule has 2 heterocycles. The van der Waals surface area contributed by atoms with Gasteiger partial charge in [-0.25, -0.2) is 0 Å². The van der Waals surface area contributed by atoms with Crippen molar-refractivity contribution < 1.29 is 5.11 Å². The zero-order valence-electron chi connectivity index (χ0n) is 12.9. The lowest BCUT2D eigenvalue weighted by Gasteiger charge is -2.50. The Labute approximate surface area is 127 Å². The van der Waals surface area contributed by atoms with Gasteiger partial charge in [0.1, 0.15) is 0 Å². The van der Waals surface area contributed by atoms with E-state index in [-0.39, 0.29) is 12.1 Å². The third kappa shape index (κ3) is 2.32. The fraction of sp³-hybridized carbons (Fsp3) is 0.667. The van der Waals surface area contributed by atoms with Gasteiger partial charge in [0.15, 0.2) is 0 Å². The third-order valence-electron chi connectivity index (χ3n) is 5.83. The van der Waals surface area contributed by atoms with Crippen molar-refractivity contribution in [3.63, 3.8) is 0 Å². The van der Waals surface area contributed by atoms with Gasteiger partial charge < -0.3 is 5.11 Å². The van der Waals surface area contributed by atoms with Crippen LogP contribution in [0.4, 0.5) is 0 Å². The summed E-state index contributed by atoms with van der Waals surface area (Å²) in [6.45, 7) is 5.91. The number of fused-ring (bicyclic) bond motifs is 2. The maximum atomic E-state index is 10.8. The van der Waals surface area contributed by atoms with Crippen molar-refractivity contribution >= 4 is 0 Å². The fourth-order valence-electron chi connectivity index (χ4n) is 4.69. The Kier molecular flexibility index (Phi) is 3.52. The highest BCUT2D eigenvalue weighted by Gasteiger charge is 2.41. The second kappa shape index (κ2) is 5.38. The Bertz CT molecular complexity index is 518. The van der Waals surface area contributed by atoms with Crippen molar-refractivity contribution in [2.75, 3.05) is 19.6 Å². The summed E-state index contributed by atoms with van der Waals surface area (Å²) < 4.78 is 0. The number of piperidine rings is 1. The SMILES string of the molecule is CC1CN2CCCCC2CN1C1Cc2ccccc2C1O. The lowest BCUT2D eigenvalue weighted by Crippen LogP contribution is -2.61. The molecule has 0 aromatic heterocycles. The number of nitrogens with zero attached hydrogens (tertiary/aromatic N) is 2. The minimum Gasteiger partial charge on any atom is -0.387 e. The van der Waals surface area contributed by atoms with E-state index in [0.717, 1.165) is 18.5 Å². The molecule has 3 heteroatoms. The molecule has 114 valence electrons. The average molecular weight is 286 g/mol. The van der Waals surface area contributed by atoms with E-state index in [1.165, 1.54) is 37.9 Å². The Morgan fingerprint density at radius 3 is 2.86 bits per heavy atom. The number of benzene rings is 1. The van der Waals surface area contributed by atoms with E-state index >= 15 is 0 Å². The molecule has 0 bridgehead atoms. The van der Waals surface area contributed by atoms with Crippen LogP contribution in [-0.4, -0.2) is 52.7 Å². The number of piperazine rings is 1. The summed E-state index contributed by atoms with van der Waals surface area (Å²) in [4.78, 5) is 5.27. The molecular weight excluding hydrogens is 260 g/mol. The van der Waals surface area contributed by atoms with Crippen molar-refractivity contribution in [1.82, 2.24) is 9.80 Å². The van der Waals surface area contributed by atoms with Gasteiger partial charge >= 0.3 is 0 Å². The number of hydrogen-bond donors (Lipinski definition) is 1. The summed E-state index contributed by atoms with van der Waals surface area (Å²) in [5, 5.41) is 10.8. The van der Waals surface area contributed by atoms with E-state index in [2.05, 4.69) is 34.9 Å². The zero-order valence-corrected chi connectivity index (χ0v) is 12.9. The Hall–Kier alpha value is -0.900. The molecule has 2 saturated heterocycles. The van der Waals surface area contributed by atoms with E-state index < -0.39 is 0 Å². The van der Waals surface area contributed by atoms with Crippen molar-refractivity contribution in [3.05, 3.63) is 35.4 Å². The second-order valence-corrected chi connectivity index (χ2v) is 7.11. The standard InChI is InChI=1S/C18H26N2O/c1-13-11-19-9-5-4-7-15(19)12-20(13)17-10-14-6-2-3-8-16(14)18(17)21/h2-3,6,8,13,15,17-18,21H,4-5,7,9-12H2,1H3. The molecular formula is C18H26N2O. The van der Waals surface area contributed by atoms with Crippen LogP contribution < -0.4 is 0 Å². The molecule has 0 radical (unpaired) electrons. The molecule has 3 nitrogen and oxygen atoms in total. The van der Waals surface area contributed by atoms with Crippen LogP contribution in [0.25, 0.3) is 0 Å². The summed E-state index contributed by atoms with van der Waals surface area (Å²) in [5.74, 6) is 0. The topological polar surface area (TPSA) is 26.7 Å². The van der Waals surface area contributed by atoms with Gasteiger partial charge in [0.2, 0.25) is 0 Å². The minimum atomic E-state index is -0.307. The lowest BCUT2D eigenvalue weighted by molar-refractivity contribution is -0.0385. The van der Waals surface area contributed by atoms with Gasteiger partial charge in [-0.3, -0.25) is 9.80 Å². The van der Waals surface area contributed by atoms with Crippen LogP contribution in [0, 0.1) is 0 Å². The maximum absolute atomic E-state index is 10.8. The Balaban J connectivity index is 1.54. The maximum Gasteiger partial charge on any atom is 0.0951 e. The molecule has 4 rings (SSSR count). The van der Waals surface area contributed by atoms with E-state index in [9.17, 15) is 5.11 Å². The molecule has 1 aromatic rings. The first-order valence-corrected chi connectivity index (χ1v) is 8.49. The monoisotopic (exact) mass is 286 g/mol. The fourth-order valence-corrected chi connectivity index (χ4v) is 4.69. The summed E-state index contributed by atoms with van der Waals surface area (Å²) >= 11 is 0. The van der Waals surface area contributed by atoms with Gasteiger partial charge in [0.25, 0.3) is 0 Å². The quantitative estimate of drug-likeness (QED) is 0.857. The zero-order chi connectivity index (χ0) is 14.4. The summed E-state index contributed by atoms with van der Waals surface area (Å²) in [5.41, 5.74) is 2.49. The first-order valence-electron chi connectivity index (χ1n) is 8.49. The molecule has 3 aliphatic rings. The molecule has 0 amide bonds. The van der Waals surface area contributed by atoms with Crippen LogP contribution in [0.3, 0.4) is 0 Å². The molecule has 4 atom stereocenters. The van der Waals surface area contributed by atoms with Crippen molar-refractivity contribution in [2.45, 2.75) is 56.8 Å². The Morgan fingerprint density at radius 1 is 1.14 bits per heavy atom. The van der Waals surface area contributed by atoms with Crippen molar-refractivity contribution in [2.24, 2.45) is 0 Å². The minimum absolute atomic E-state index is 0.279. The number of hydrogen-bond acceptors (Lipinski definition) is 3. The van der Waals surface area contributed by atoms with Gasteiger partial charge in [0, 0.05) is 31.2 Å². The van der Waals surface area contributed by atoms with Crippen molar-refractivity contribution in [3.8, 4) is 0 Å². The van der Waals surface area contributed by atoms with E-state index in [1.807, 2.05) is 6.07 Å². The van der Waals surface area contributed by atoms with Crippen LogP contribution in [-0.2, 0) is 6.42 Å². The lowest BCUT2D eigenvalue weighted by atomic mass is 9.95. The van der Waals surface area contributed by atoms with Gasteiger partial charge in [-0.1, -0.05) is 30.7 Å². The van der Waals surface area contributed by atoms with Crippen LogP contribution in [0.2, 0.25) is 0 Å². The van der Waals surface area contributed by atoms with Gasteiger partial charge in [-0.2, -0.15) is 0 Å². The number of aliphatic hydroxyl groups is 1. The predicted octanol–water partition coefficient (Wildman–Crippen LogP) is 2.20. The average Bonchev–Trinajstić information content (AvgIpc) is 2.84. The first kappa shape index (κ1) is 13.7. The highest BCUT2D eigenvalue weighted by atomic mass is 16.3. The molecule has 2 aliphatic heterocycles. The normalized spacial score (nSPS) is 37.2. The van der Waals surface area contributed by atoms with Crippen LogP contribution in [0.1, 0.15) is 43.4 Å². The highest BCUT2D eigenvalue weighted by Crippen LogP contribution is 2.37. The summed E-state index contributed by atoms with van der Waals surface area (Å²) in [6.07, 6.45) is 4.77. The van der Waals surface area contributed by atoms with Gasteiger partial charge in [0.05, 0.1) is 6.10 Å². The van der Waals surface area contributed by atoms with E-state index in [4.69, 9.17) is 0 Å². The van der Waals surface area contributed by atoms with E-state index in [1.54, 1.807) is 0 Å². The molecule has 2 fully saturated rings. The van der Waals surface area contributed by atoms with Gasteiger partial charge in [-0.15, -0.1) is 0 Å². The molecule has 1 N–H and O–H groups in total. The molecule has 21 heavy (non-hydrogen) atoms. The summed E-state index contributed by atoms with van der Waals surface area (Å²) in [6, 6.07) is 9.96. The molecule has 4 unspecified atom stereocenters. The largest absolute Gasteiger partial charge is 0.387 e. The van der Waals surface area contributed by atoms with Crippen molar-refractivity contribution in [1.29, 1.82) is 0 Å². The summed E-state index contributed by atoms with van der Waals surface area (Å²) in [7, 11) is 0. The van der Waals surface area contributed by atoms with Crippen LogP contribution in [0.5, 0.6) is 0 Å². The molecule has 1 aromatic carbocycles. The molecule has 1 aliphatic carbocycles. The first-order chi connectivity index (χ1) is 10.2. The highest BCUT2D eigenvalue weighted by molar-refractivity contribution is 5.36. The molecule has 0 spiro atoms.